The van der Waals surface area contributed by atoms with Crippen molar-refractivity contribution in [3.8, 4) is 17.0 Å². The number of likely N-dealkylation sites (tertiary alicyclic amines) is 2. The van der Waals surface area contributed by atoms with Gasteiger partial charge in [-0.1, -0.05) is 0 Å². The van der Waals surface area contributed by atoms with Crippen LogP contribution in [-0.4, -0.2) is 69.6 Å². The first kappa shape index (κ1) is 19.1. The average Bonchev–Trinajstić information content (AvgIpc) is 3.49. The molecule has 1 unspecified atom stereocenters. The lowest BCUT2D eigenvalue weighted by Crippen LogP contribution is -2.49. The van der Waals surface area contributed by atoms with Gasteiger partial charge in [0.25, 0.3) is 5.91 Å². The average molecular weight is 406 g/mol. The number of aromatic nitrogens is 3. The van der Waals surface area contributed by atoms with Crippen molar-refractivity contribution in [2.75, 3.05) is 33.3 Å². The van der Waals surface area contributed by atoms with Gasteiger partial charge in [0.15, 0.2) is 5.65 Å². The second-order valence-electron chi connectivity index (χ2n) is 8.14. The van der Waals surface area contributed by atoms with Crippen LogP contribution >= 0.6 is 0 Å². The molecule has 30 heavy (non-hydrogen) atoms. The molecule has 0 bridgehead atoms. The minimum atomic E-state index is 0.0354. The topological polar surface area (TPSA) is 63.0 Å². The monoisotopic (exact) mass is 405 g/mol. The zero-order valence-electron chi connectivity index (χ0n) is 17.3. The van der Waals surface area contributed by atoms with E-state index in [2.05, 4.69) is 15.0 Å². The normalized spacial score (nSPS) is 20.0. The number of fused-ring (bicyclic) bond motifs is 1. The second kappa shape index (κ2) is 8.07. The van der Waals surface area contributed by atoms with Crippen LogP contribution in [0.3, 0.4) is 0 Å². The predicted octanol–water partition coefficient (Wildman–Crippen LogP) is 3.11. The molecule has 4 heterocycles. The number of piperidine rings is 1. The quantitative estimate of drug-likeness (QED) is 0.667. The van der Waals surface area contributed by atoms with E-state index in [1.165, 1.54) is 19.3 Å². The molecule has 1 aromatic carbocycles. The van der Waals surface area contributed by atoms with Crippen LogP contribution in [0.2, 0.25) is 0 Å². The summed E-state index contributed by atoms with van der Waals surface area (Å²) in [5.41, 5.74) is 3.08. The van der Waals surface area contributed by atoms with Crippen molar-refractivity contribution in [2.45, 2.75) is 31.7 Å². The summed E-state index contributed by atoms with van der Waals surface area (Å²) in [6.07, 6.45) is 8.19. The Morgan fingerprint density at radius 2 is 1.87 bits per heavy atom. The van der Waals surface area contributed by atoms with Gasteiger partial charge in [0, 0.05) is 30.9 Å². The van der Waals surface area contributed by atoms with Gasteiger partial charge in [0.05, 0.1) is 19.0 Å². The summed E-state index contributed by atoms with van der Waals surface area (Å²) in [5, 5.41) is 4.51. The Hall–Kier alpha value is -2.93. The van der Waals surface area contributed by atoms with Gasteiger partial charge in [-0.05, 0) is 69.1 Å². The molecule has 3 aromatic rings. The first-order valence-electron chi connectivity index (χ1n) is 10.7. The van der Waals surface area contributed by atoms with E-state index >= 15 is 0 Å². The summed E-state index contributed by atoms with van der Waals surface area (Å²) in [4.78, 5) is 22.4. The Morgan fingerprint density at radius 1 is 1.07 bits per heavy atom. The standard InChI is InChI=1S/C23H27N5O2/c1-30-19-8-6-17(7-9-19)21-10-11-24-22-20(15-25-28(21)22)23(29)27-14-4-5-18(16-27)26-12-2-3-13-26/h6-11,15,18H,2-5,12-14,16H2,1H3. The summed E-state index contributed by atoms with van der Waals surface area (Å²) < 4.78 is 7.01. The zero-order valence-corrected chi connectivity index (χ0v) is 17.3. The molecule has 2 aromatic heterocycles. The van der Waals surface area contributed by atoms with Gasteiger partial charge in [0.2, 0.25) is 0 Å². The van der Waals surface area contributed by atoms with Crippen molar-refractivity contribution in [1.29, 1.82) is 0 Å². The fourth-order valence-electron chi connectivity index (χ4n) is 4.74. The molecular weight excluding hydrogens is 378 g/mol. The lowest BCUT2D eigenvalue weighted by atomic mass is 10.0. The maximum Gasteiger partial charge on any atom is 0.259 e. The molecule has 0 N–H and O–H groups in total. The van der Waals surface area contributed by atoms with Gasteiger partial charge in [-0.2, -0.15) is 5.10 Å². The van der Waals surface area contributed by atoms with Gasteiger partial charge in [0.1, 0.15) is 11.3 Å². The second-order valence-corrected chi connectivity index (χ2v) is 8.14. The molecule has 1 atom stereocenters. The molecule has 156 valence electrons. The molecule has 0 aliphatic carbocycles. The van der Waals surface area contributed by atoms with Crippen LogP contribution in [0.25, 0.3) is 16.9 Å². The number of rotatable bonds is 4. The van der Waals surface area contributed by atoms with Crippen LogP contribution < -0.4 is 4.74 Å². The third kappa shape index (κ3) is 3.43. The van der Waals surface area contributed by atoms with Crippen LogP contribution in [0.1, 0.15) is 36.0 Å². The van der Waals surface area contributed by atoms with E-state index in [4.69, 9.17) is 4.74 Å². The summed E-state index contributed by atoms with van der Waals surface area (Å²) in [6, 6.07) is 10.2. The molecule has 7 nitrogen and oxygen atoms in total. The lowest BCUT2D eigenvalue weighted by molar-refractivity contribution is 0.0609. The van der Waals surface area contributed by atoms with Crippen molar-refractivity contribution in [3.63, 3.8) is 0 Å². The Balaban J connectivity index is 1.42. The Bertz CT molecular complexity index is 1040. The minimum Gasteiger partial charge on any atom is -0.497 e. The van der Waals surface area contributed by atoms with E-state index in [1.54, 1.807) is 24.0 Å². The SMILES string of the molecule is COc1ccc(-c2ccnc3c(C(=O)N4CCCC(N5CCCC5)C4)cnn23)cc1. The van der Waals surface area contributed by atoms with Gasteiger partial charge in [-0.15, -0.1) is 0 Å². The van der Waals surface area contributed by atoms with Crippen LogP contribution in [0, 0.1) is 0 Å². The van der Waals surface area contributed by atoms with Crippen molar-refractivity contribution in [1.82, 2.24) is 24.4 Å². The zero-order chi connectivity index (χ0) is 20.5. The number of benzene rings is 1. The van der Waals surface area contributed by atoms with Gasteiger partial charge in [-0.25, -0.2) is 9.50 Å². The molecule has 0 radical (unpaired) electrons. The minimum absolute atomic E-state index is 0.0354. The van der Waals surface area contributed by atoms with E-state index in [1.807, 2.05) is 35.2 Å². The number of amides is 1. The first-order valence-corrected chi connectivity index (χ1v) is 10.7. The highest BCUT2D eigenvalue weighted by Crippen LogP contribution is 2.25. The first-order chi connectivity index (χ1) is 14.7. The Kier molecular flexibility index (Phi) is 5.12. The van der Waals surface area contributed by atoms with Crippen molar-refractivity contribution in [3.05, 3.63) is 48.3 Å². The molecule has 2 saturated heterocycles. The molecule has 2 aliphatic rings. The largest absolute Gasteiger partial charge is 0.497 e. The molecule has 0 spiro atoms. The molecule has 2 fully saturated rings. The van der Waals surface area contributed by atoms with Gasteiger partial charge >= 0.3 is 0 Å². The predicted molar refractivity (Wildman–Crippen MR) is 115 cm³/mol. The lowest BCUT2D eigenvalue weighted by Gasteiger charge is -2.37. The number of ether oxygens (including phenoxy) is 1. The van der Waals surface area contributed by atoms with Crippen LogP contribution in [-0.2, 0) is 0 Å². The molecule has 5 rings (SSSR count). The molecule has 0 saturated carbocycles. The fraction of sp³-hybridized carbons (Fsp3) is 0.435. The summed E-state index contributed by atoms with van der Waals surface area (Å²) in [5.74, 6) is 0.839. The molecular formula is C23H27N5O2. The van der Waals surface area contributed by atoms with Crippen molar-refractivity contribution >= 4 is 11.6 Å². The number of hydrogen-bond acceptors (Lipinski definition) is 5. The van der Waals surface area contributed by atoms with Crippen LogP contribution in [0.15, 0.2) is 42.7 Å². The Morgan fingerprint density at radius 3 is 2.63 bits per heavy atom. The maximum atomic E-state index is 13.4. The number of methoxy groups -OCH3 is 1. The van der Waals surface area contributed by atoms with E-state index in [-0.39, 0.29) is 5.91 Å². The van der Waals surface area contributed by atoms with Crippen molar-refractivity contribution < 1.29 is 9.53 Å². The van der Waals surface area contributed by atoms with Gasteiger partial charge in [-0.3, -0.25) is 9.69 Å². The smallest absolute Gasteiger partial charge is 0.259 e. The highest BCUT2D eigenvalue weighted by molar-refractivity contribution is 6.00. The van der Waals surface area contributed by atoms with Crippen molar-refractivity contribution in [2.24, 2.45) is 0 Å². The number of nitrogens with zero attached hydrogens (tertiary/aromatic N) is 5. The van der Waals surface area contributed by atoms with E-state index in [0.29, 0.717) is 17.3 Å². The van der Waals surface area contributed by atoms with E-state index in [0.717, 1.165) is 49.6 Å². The molecule has 2 aliphatic heterocycles. The fourth-order valence-corrected chi connectivity index (χ4v) is 4.74. The number of carbonyl (C=O) groups is 1. The van der Waals surface area contributed by atoms with Gasteiger partial charge < -0.3 is 9.64 Å². The van der Waals surface area contributed by atoms with Crippen LogP contribution in [0.4, 0.5) is 0 Å². The number of carbonyl (C=O) groups excluding carboxylic acids is 1. The third-order valence-electron chi connectivity index (χ3n) is 6.36. The number of hydrogen-bond donors (Lipinski definition) is 0. The summed E-state index contributed by atoms with van der Waals surface area (Å²) in [6.45, 7) is 3.93. The third-order valence-corrected chi connectivity index (χ3v) is 6.36. The van der Waals surface area contributed by atoms with Crippen LogP contribution in [0.5, 0.6) is 5.75 Å². The summed E-state index contributed by atoms with van der Waals surface area (Å²) in [7, 11) is 1.65. The Labute approximate surface area is 176 Å². The van der Waals surface area contributed by atoms with E-state index in [9.17, 15) is 4.79 Å². The summed E-state index contributed by atoms with van der Waals surface area (Å²) >= 11 is 0. The molecule has 7 heteroatoms. The van der Waals surface area contributed by atoms with E-state index < -0.39 is 0 Å². The highest BCUT2D eigenvalue weighted by Gasteiger charge is 2.31. The maximum absolute atomic E-state index is 13.4. The highest BCUT2D eigenvalue weighted by atomic mass is 16.5. The molecule has 1 amide bonds.